The zero-order valence-corrected chi connectivity index (χ0v) is 18.0. The van der Waals surface area contributed by atoms with E-state index in [-0.39, 0.29) is 22.8 Å². The van der Waals surface area contributed by atoms with Gasteiger partial charge >= 0.3 is 0 Å². The first-order valence-electron chi connectivity index (χ1n) is 10.4. The van der Waals surface area contributed by atoms with Crippen LogP contribution in [0.5, 0.6) is 0 Å². The van der Waals surface area contributed by atoms with Crippen molar-refractivity contribution in [2.75, 3.05) is 13.7 Å². The molecule has 2 aliphatic rings. The van der Waals surface area contributed by atoms with Crippen LogP contribution in [0.2, 0.25) is 0 Å². The monoisotopic (exact) mass is 384 g/mol. The topological polar surface area (TPSA) is 60.2 Å². The van der Waals surface area contributed by atoms with Crippen molar-refractivity contribution >= 4 is 16.9 Å². The lowest BCUT2D eigenvalue weighted by Crippen LogP contribution is -2.67. The number of pyridine rings is 1. The Morgan fingerprint density at radius 2 is 2.11 bits per heavy atom. The van der Waals surface area contributed by atoms with Crippen molar-refractivity contribution in [2.45, 2.75) is 70.9 Å². The number of aromatic nitrogens is 3. The number of ether oxygens (including phenoxy) is 1. The number of hydrogen-bond acceptors (Lipinski definition) is 4. The predicted octanol–water partition coefficient (Wildman–Crippen LogP) is 3.69. The second-order valence-corrected chi connectivity index (χ2v) is 9.52. The Bertz CT molecular complexity index is 907. The summed E-state index contributed by atoms with van der Waals surface area (Å²) in [5, 5.41) is 5.62. The van der Waals surface area contributed by atoms with Crippen LogP contribution >= 0.6 is 0 Å². The summed E-state index contributed by atoms with van der Waals surface area (Å²) in [4.78, 5) is 19.8. The SMILES string of the molecule is CCO[C@@H]1C[C@@H](N(C)C(=O)c2cnc3c(c2)c(C(C)(C)C)nn3C)C12CCC2. The third-order valence-corrected chi connectivity index (χ3v) is 6.82. The van der Waals surface area contributed by atoms with Crippen LogP contribution in [-0.4, -0.2) is 51.4 Å². The molecule has 2 fully saturated rings. The molecule has 0 N–H and O–H groups in total. The van der Waals surface area contributed by atoms with Crippen molar-refractivity contribution in [3.63, 3.8) is 0 Å². The van der Waals surface area contributed by atoms with Gasteiger partial charge in [-0.1, -0.05) is 27.2 Å². The normalized spacial score (nSPS) is 23.5. The van der Waals surface area contributed by atoms with Crippen LogP contribution in [0.15, 0.2) is 12.3 Å². The van der Waals surface area contributed by atoms with Crippen LogP contribution in [0.4, 0.5) is 0 Å². The van der Waals surface area contributed by atoms with Gasteiger partial charge in [0, 0.05) is 49.2 Å². The van der Waals surface area contributed by atoms with Gasteiger partial charge in [0.2, 0.25) is 0 Å². The number of carbonyl (C=O) groups is 1. The molecule has 6 heteroatoms. The number of carbonyl (C=O) groups excluding carboxylic acids is 1. The van der Waals surface area contributed by atoms with E-state index in [1.807, 2.05) is 25.1 Å². The van der Waals surface area contributed by atoms with Crippen LogP contribution in [0, 0.1) is 5.41 Å². The van der Waals surface area contributed by atoms with Crippen LogP contribution in [0.3, 0.4) is 0 Å². The van der Waals surface area contributed by atoms with Crippen molar-refractivity contribution in [3.8, 4) is 0 Å². The highest BCUT2D eigenvalue weighted by Gasteiger charge is 2.60. The third kappa shape index (κ3) is 2.76. The van der Waals surface area contributed by atoms with Gasteiger partial charge in [-0.2, -0.15) is 5.10 Å². The Kier molecular flexibility index (Phi) is 4.53. The second-order valence-electron chi connectivity index (χ2n) is 9.52. The van der Waals surface area contributed by atoms with E-state index in [0.717, 1.165) is 42.6 Å². The molecule has 28 heavy (non-hydrogen) atoms. The minimum absolute atomic E-state index is 0.0457. The van der Waals surface area contributed by atoms with Gasteiger partial charge in [0.1, 0.15) is 0 Å². The highest BCUT2D eigenvalue weighted by molar-refractivity contribution is 5.97. The maximum atomic E-state index is 13.3. The maximum absolute atomic E-state index is 13.3. The summed E-state index contributed by atoms with van der Waals surface area (Å²) in [6.07, 6.45) is 6.49. The van der Waals surface area contributed by atoms with E-state index in [1.54, 1.807) is 10.9 Å². The summed E-state index contributed by atoms with van der Waals surface area (Å²) in [6.45, 7) is 9.21. The Balaban J connectivity index is 1.62. The zero-order chi connectivity index (χ0) is 20.3. The second kappa shape index (κ2) is 6.55. The smallest absolute Gasteiger partial charge is 0.255 e. The van der Waals surface area contributed by atoms with E-state index in [2.05, 4.69) is 37.8 Å². The molecule has 1 spiro atoms. The molecular formula is C22H32N4O2. The molecule has 2 aliphatic carbocycles. The number of fused-ring (bicyclic) bond motifs is 1. The minimum atomic E-state index is -0.108. The maximum Gasteiger partial charge on any atom is 0.255 e. The average Bonchev–Trinajstić information content (AvgIpc) is 2.92. The molecule has 0 bridgehead atoms. The van der Waals surface area contributed by atoms with Crippen LogP contribution in [-0.2, 0) is 17.2 Å². The van der Waals surface area contributed by atoms with Gasteiger partial charge in [0.05, 0.1) is 17.4 Å². The van der Waals surface area contributed by atoms with Crippen LogP contribution in [0.1, 0.15) is 69.4 Å². The minimum Gasteiger partial charge on any atom is -0.378 e. The van der Waals surface area contributed by atoms with Gasteiger partial charge in [-0.15, -0.1) is 0 Å². The average molecular weight is 385 g/mol. The van der Waals surface area contributed by atoms with E-state index >= 15 is 0 Å². The molecular weight excluding hydrogens is 352 g/mol. The molecule has 2 aromatic rings. The molecule has 0 radical (unpaired) electrons. The summed E-state index contributed by atoms with van der Waals surface area (Å²) in [6, 6.07) is 2.23. The fourth-order valence-electron chi connectivity index (χ4n) is 5.10. The summed E-state index contributed by atoms with van der Waals surface area (Å²) in [5.41, 5.74) is 2.50. The van der Waals surface area contributed by atoms with Crippen molar-refractivity contribution < 1.29 is 9.53 Å². The quantitative estimate of drug-likeness (QED) is 0.807. The van der Waals surface area contributed by atoms with Gasteiger partial charge in [-0.05, 0) is 32.3 Å². The van der Waals surface area contributed by atoms with E-state index < -0.39 is 0 Å². The number of rotatable bonds is 4. The summed E-state index contributed by atoms with van der Waals surface area (Å²) < 4.78 is 7.76. The van der Waals surface area contributed by atoms with Gasteiger partial charge < -0.3 is 9.64 Å². The lowest BCUT2D eigenvalue weighted by atomic mass is 9.50. The molecule has 0 aromatic carbocycles. The summed E-state index contributed by atoms with van der Waals surface area (Å²) in [7, 11) is 3.84. The lowest BCUT2D eigenvalue weighted by molar-refractivity contribution is -0.192. The Morgan fingerprint density at radius 1 is 1.39 bits per heavy atom. The highest BCUT2D eigenvalue weighted by atomic mass is 16.5. The molecule has 4 rings (SSSR count). The molecule has 0 aliphatic heterocycles. The Morgan fingerprint density at radius 3 is 2.68 bits per heavy atom. The molecule has 2 saturated carbocycles. The van der Waals surface area contributed by atoms with Crippen LogP contribution < -0.4 is 0 Å². The van der Waals surface area contributed by atoms with Crippen molar-refractivity contribution in [3.05, 3.63) is 23.5 Å². The van der Waals surface area contributed by atoms with E-state index in [9.17, 15) is 4.79 Å². The Hall–Kier alpha value is -1.95. The fraction of sp³-hybridized carbons (Fsp3) is 0.682. The molecule has 1 amide bonds. The third-order valence-electron chi connectivity index (χ3n) is 6.82. The molecule has 2 atom stereocenters. The van der Waals surface area contributed by atoms with E-state index in [1.165, 1.54) is 6.42 Å². The van der Waals surface area contributed by atoms with Gasteiger partial charge in [-0.3, -0.25) is 9.48 Å². The largest absolute Gasteiger partial charge is 0.378 e. The number of hydrogen-bond donors (Lipinski definition) is 0. The van der Waals surface area contributed by atoms with Crippen LogP contribution in [0.25, 0.3) is 11.0 Å². The number of amides is 1. The summed E-state index contributed by atoms with van der Waals surface area (Å²) >= 11 is 0. The molecule has 2 aromatic heterocycles. The van der Waals surface area contributed by atoms with Gasteiger partial charge in [0.25, 0.3) is 5.91 Å². The van der Waals surface area contributed by atoms with Crippen molar-refractivity contribution in [1.82, 2.24) is 19.7 Å². The first kappa shape index (κ1) is 19.4. The van der Waals surface area contributed by atoms with Crippen molar-refractivity contribution in [1.29, 1.82) is 0 Å². The molecule has 6 nitrogen and oxygen atoms in total. The van der Waals surface area contributed by atoms with E-state index in [4.69, 9.17) is 4.74 Å². The predicted molar refractivity (Wildman–Crippen MR) is 109 cm³/mol. The first-order valence-corrected chi connectivity index (χ1v) is 10.4. The van der Waals surface area contributed by atoms with Gasteiger partial charge in [0.15, 0.2) is 5.65 Å². The number of nitrogens with zero attached hydrogens (tertiary/aromatic N) is 4. The fourth-order valence-corrected chi connectivity index (χ4v) is 5.10. The summed E-state index contributed by atoms with van der Waals surface area (Å²) in [5.74, 6) is 0.0457. The molecule has 0 unspecified atom stereocenters. The standard InChI is InChI=1S/C22H32N4O2/c1-7-28-17-12-16(22(17)9-8-10-22)25(5)20(27)14-11-15-18(21(2,3)4)24-26(6)19(15)23-13-14/h11,13,16-17H,7-10,12H2,1-6H3/t16-,17-/m1/s1. The van der Waals surface area contributed by atoms with E-state index in [0.29, 0.717) is 11.7 Å². The Labute approximate surface area is 167 Å². The molecule has 152 valence electrons. The molecule has 2 heterocycles. The lowest BCUT2D eigenvalue weighted by Gasteiger charge is -2.63. The zero-order valence-electron chi connectivity index (χ0n) is 18.0. The van der Waals surface area contributed by atoms with Crippen molar-refractivity contribution in [2.24, 2.45) is 12.5 Å². The highest BCUT2D eigenvalue weighted by Crippen LogP contribution is 2.59. The molecule has 0 saturated heterocycles. The first-order chi connectivity index (χ1) is 13.2. The van der Waals surface area contributed by atoms with Gasteiger partial charge in [-0.25, -0.2) is 4.98 Å². The number of aryl methyl sites for hydroxylation is 1.